The number of aryl methyl sites for hydroxylation is 1. The Morgan fingerprint density at radius 1 is 1.16 bits per heavy atom. The zero-order valence-corrected chi connectivity index (χ0v) is 13.1. The molecule has 0 aromatic heterocycles. The number of hydrogen-bond donors (Lipinski definition) is 1. The fourth-order valence-corrected chi connectivity index (χ4v) is 4.28. The molecule has 2 unspecified atom stereocenters. The van der Waals surface area contributed by atoms with E-state index in [0.717, 1.165) is 18.2 Å². The van der Waals surface area contributed by atoms with Gasteiger partial charge in [-0.1, -0.05) is 44.5 Å². The van der Waals surface area contributed by atoms with Crippen LogP contribution in [0.25, 0.3) is 0 Å². The number of rotatable bonds is 6. The van der Waals surface area contributed by atoms with Gasteiger partial charge >= 0.3 is 0 Å². The molecule has 19 heavy (non-hydrogen) atoms. The Labute approximate surface area is 122 Å². The van der Waals surface area contributed by atoms with Crippen LogP contribution >= 0.6 is 11.8 Å². The summed E-state index contributed by atoms with van der Waals surface area (Å²) in [4.78, 5) is 0. The Morgan fingerprint density at radius 2 is 1.89 bits per heavy atom. The summed E-state index contributed by atoms with van der Waals surface area (Å²) in [5, 5.41) is 4.51. The molecule has 0 aliphatic carbocycles. The van der Waals surface area contributed by atoms with E-state index < -0.39 is 0 Å². The quantitative estimate of drug-likeness (QED) is 0.841. The third kappa shape index (κ3) is 4.54. The number of likely N-dealkylation sites (N-methyl/N-ethyl adjacent to an activating group) is 1. The highest BCUT2D eigenvalue weighted by Gasteiger charge is 2.23. The van der Waals surface area contributed by atoms with Crippen LogP contribution < -0.4 is 5.32 Å². The van der Waals surface area contributed by atoms with Crippen molar-refractivity contribution in [2.45, 2.75) is 57.2 Å². The van der Waals surface area contributed by atoms with Gasteiger partial charge in [0, 0.05) is 11.3 Å². The van der Waals surface area contributed by atoms with Crippen LogP contribution in [0, 0.1) is 0 Å². The number of hydrogen-bond acceptors (Lipinski definition) is 2. The summed E-state index contributed by atoms with van der Waals surface area (Å²) >= 11 is 2.18. The minimum Gasteiger partial charge on any atom is -0.313 e. The maximum Gasteiger partial charge on any atom is 0.0226 e. The predicted molar refractivity (Wildman–Crippen MR) is 87.1 cm³/mol. The second kappa shape index (κ2) is 7.96. The van der Waals surface area contributed by atoms with Crippen LogP contribution in [0.2, 0.25) is 0 Å². The van der Waals surface area contributed by atoms with E-state index in [9.17, 15) is 0 Å². The zero-order chi connectivity index (χ0) is 13.5. The maximum absolute atomic E-state index is 3.71. The lowest BCUT2D eigenvalue weighted by atomic mass is 9.98. The standard InChI is InChI=1S/C17H27NS/c1-3-14-8-10-15(11-9-14)13-16(18-4-2)17-7-5-6-12-19-17/h8-11,16-18H,3-7,12-13H2,1-2H3. The van der Waals surface area contributed by atoms with E-state index in [1.165, 1.54) is 42.6 Å². The van der Waals surface area contributed by atoms with Crippen LogP contribution in [0.1, 0.15) is 44.2 Å². The molecule has 1 aliphatic heterocycles. The van der Waals surface area contributed by atoms with Crippen LogP contribution in [0.4, 0.5) is 0 Å². The van der Waals surface area contributed by atoms with Crippen LogP contribution in [0.15, 0.2) is 24.3 Å². The highest BCUT2D eigenvalue weighted by atomic mass is 32.2. The first-order chi connectivity index (χ1) is 9.33. The van der Waals surface area contributed by atoms with Gasteiger partial charge in [0.15, 0.2) is 0 Å². The van der Waals surface area contributed by atoms with Gasteiger partial charge in [-0.05, 0) is 49.1 Å². The molecule has 0 amide bonds. The first kappa shape index (κ1) is 14.9. The van der Waals surface area contributed by atoms with Gasteiger partial charge in [-0.2, -0.15) is 11.8 Å². The number of nitrogens with one attached hydrogen (secondary N) is 1. The molecule has 0 radical (unpaired) electrons. The van der Waals surface area contributed by atoms with Gasteiger partial charge in [-0.15, -0.1) is 0 Å². The SMILES string of the molecule is CCNC(Cc1ccc(CC)cc1)C1CCCCS1. The Kier molecular flexibility index (Phi) is 6.25. The largest absolute Gasteiger partial charge is 0.313 e. The topological polar surface area (TPSA) is 12.0 Å². The molecule has 1 nitrogen and oxygen atoms in total. The summed E-state index contributed by atoms with van der Waals surface area (Å²) in [5.74, 6) is 1.35. The van der Waals surface area contributed by atoms with Crippen molar-refractivity contribution in [3.63, 3.8) is 0 Å². The number of benzene rings is 1. The molecule has 1 aliphatic rings. The van der Waals surface area contributed by atoms with Gasteiger partial charge in [0.1, 0.15) is 0 Å². The summed E-state index contributed by atoms with van der Waals surface area (Å²) in [6.07, 6.45) is 6.51. The second-order valence-corrected chi connectivity index (χ2v) is 6.79. The second-order valence-electron chi connectivity index (χ2n) is 5.44. The summed E-state index contributed by atoms with van der Waals surface area (Å²) < 4.78 is 0. The Hall–Kier alpha value is -0.470. The van der Waals surface area contributed by atoms with Gasteiger partial charge in [-0.25, -0.2) is 0 Å². The Morgan fingerprint density at radius 3 is 2.47 bits per heavy atom. The smallest absolute Gasteiger partial charge is 0.0226 e. The van der Waals surface area contributed by atoms with Gasteiger partial charge < -0.3 is 5.32 Å². The molecule has 2 heteroatoms. The van der Waals surface area contributed by atoms with E-state index in [4.69, 9.17) is 0 Å². The predicted octanol–water partition coefficient (Wildman–Crippen LogP) is 4.06. The fraction of sp³-hybridized carbons (Fsp3) is 0.647. The van der Waals surface area contributed by atoms with Crippen molar-refractivity contribution in [2.24, 2.45) is 0 Å². The summed E-state index contributed by atoms with van der Waals surface area (Å²) in [6, 6.07) is 9.84. The van der Waals surface area contributed by atoms with Crippen LogP contribution in [0.5, 0.6) is 0 Å². The lowest BCUT2D eigenvalue weighted by molar-refractivity contribution is 0.472. The molecule has 0 spiro atoms. The highest BCUT2D eigenvalue weighted by Crippen LogP contribution is 2.29. The monoisotopic (exact) mass is 277 g/mol. The first-order valence-corrected chi connectivity index (χ1v) is 8.81. The highest BCUT2D eigenvalue weighted by molar-refractivity contribution is 8.00. The van der Waals surface area contributed by atoms with E-state index in [0.29, 0.717) is 6.04 Å². The molecule has 2 atom stereocenters. The molecular weight excluding hydrogens is 250 g/mol. The van der Waals surface area contributed by atoms with Gasteiger partial charge in [0.2, 0.25) is 0 Å². The average molecular weight is 277 g/mol. The molecule has 106 valence electrons. The normalized spacial score (nSPS) is 21.3. The lowest BCUT2D eigenvalue weighted by Crippen LogP contribution is -2.41. The van der Waals surface area contributed by atoms with E-state index in [2.05, 4.69) is 55.2 Å². The van der Waals surface area contributed by atoms with Crippen molar-refractivity contribution in [3.05, 3.63) is 35.4 Å². The summed E-state index contributed by atoms with van der Waals surface area (Å²) in [6.45, 7) is 5.52. The molecule has 1 N–H and O–H groups in total. The Bertz CT molecular complexity index is 354. The summed E-state index contributed by atoms with van der Waals surface area (Å²) in [5.41, 5.74) is 2.92. The molecule has 2 rings (SSSR count). The van der Waals surface area contributed by atoms with Crippen molar-refractivity contribution in [3.8, 4) is 0 Å². The third-order valence-corrected chi connectivity index (χ3v) is 5.53. The minimum atomic E-state index is 0.641. The first-order valence-electron chi connectivity index (χ1n) is 7.76. The molecule has 0 saturated carbocycles. The molecule has 1 aromatic carbocycles. The van der Waals surface area contributed by atoms with Crippen molar-refractivity contribution >= 4 is 11.8 Å². The van der Waals surface area contributed by atoms with Crippen molar-refractivity contribution in [2.75, 3.05) is 12.3 Å². The Balaban J connectivity index is 1.97. The van der Waals surface area contributed by atoms with Gasteiger partial charge in [0.25, 0.3) is 0 Å². The molecule has 1 heterocycles. The average Bonchev–Trinajstić information content (AvgIpc) is 2.48. The van der Waals surface area contributed by atoms with Gasteiger partial charge in [0.05, 0.1) is 0 Å². The lowest BCUT2D eigenvalue weighted by Gasteiger charge is -2.30. The molecule has 0 bridgehead atoms. The van der Waals surface area contributed by atoms with Crippen LogP contribution in [-0.2, 0) is 12.8 Å². The van der Waals surface area contributed by atoms with Crippen molar-refractivity contribution in [1.29, 1.82) is 0 Å². The maximum atomic E-state index is 3.71. The molecule has 1 saturated heterocycles. The molecule has 1 aromatic rings. The van der Waals surface area contributed by atoms with E-state index in [1.54, 1.807) is 0 Å². The van der Waals surface area contributed by atoms with E-state index in [1.807, 2.05) is 0 Å². The molecule has 1 fully saturated rings. The van der Waals surface area contributed by atoms with Crippen molar-refractivity contribution < 1.29 is 0 Å². The minimum absolute atomic E-state index is 0.641. The zero-order valence-electron chi connectivity index (χ0n) is 12.3. The fourth-order valence-electron chi connectivity index (χ4n) is 2.85. The summed E-state index contributed by atoms with van der Waals surface area (Å²) in [7, 11) is 0. The van der Waals surface area contributed by atoms with Crippen LogP contribution in [-0.4, -0.2) is 23.6 Å². The van der Waals surface area contributed by atoms with E-state index >= 15 is 0 Å². The van der Waals surface area contributed by atoms with Gasteiger partial charge in [-0.3, -0.25) is 0 Å². The van der Waals surface area contributed by atoms with E-state index in [-0.39, 0.29) is 0 Å². The van der Waals surface area contributed by atoms with Crippen molar-refractivity contribution in [1.82, 2.24) is 5.32 Å². The molecular formula is C17H27NS. The number of thioether (sulfide) groups is 1. The third-order valence-electron chi connectivity index (χ3n) is 4.02. The van der Waals surface area contributed by atoms with Crippen LogP contribution in [0.3, 0.4) is 0 Å².